The van der Waals surface area contributed by atoms with Crippen LogP contribution in [0.3, 0.4) is 0 Å². The predicted molar refractivity (Wildman–Crippen MR) is 181 cm³/mol. The van der Waals surface area contributed by atoms with Crippen LogP contribution in [0.2, 0.25) is 0 Å². The number of hydrogen-bond acceptors (Lipinski definition) is 3. The summed E-state index contributed by atoms with van der Waals surface area (Å²) in [6, 6.07) is 0. The van der Waals surface area contributed by atoms with Crippen molar-refractivity contribution in [3.8, 4) is 0 Å². The summed E-state index contributed by atoms with van der Waals surface area (Å²) in [5, 5.41) is 8.84. The molecule has 0 aliphatic carbocycles. The van der Waals surface area contributed by atoms with E-state index in [4.69, 9.17) is 9.84 Å². The Hall–Kier alpha value is -1.58. The van der Waals surface area contributed by atoms with Gasteiger partial charge in [0, 0.05) is 12.8 Å². The van der Waals surface area contributed by atoms with E-state index < -0.39 is 5.97 Å². The number of carboxylic acid groups (broad SMARTS) is 1. The lowest BCUT2D eigenvalue weighted by atomic mass is 10.0. The maximum Gasteiger partial charge on any atom is 0.306 e. The van der Waals surface area contributed by atoms with Crippen molar-refractivity contribution in [2.24, 2.45) is 0 Å². The molecule has 0 aromatic heterocycles. The number of rotatable bonds is 33. The Bertz CT molecular complexity index is 639. The third-order valence-corrected chi connectivity index (χ3v) is 8.18. The minimum Gasteiger partial charge on any atom is -0.481 e. The molecule has 0 saturated carbocycles. The van der Waals surface area contributed by atoms with Gasteiger partial charge in [-0.15, -0.1) is 0 Å². The second-order valence-electron chi connectivity index (χ2n) is 12.4. The number of aliphatic carboxylic acids is 1. The number of ether oxygens (including phenoxy) is 1. The molecule has 1 atom stereocenters. The van der Waals surface area contributed by atoms with Gasteiger partial charge in [0.1, 0.15) is 6.10 Å². The monoisotopic (exact) mass is 591 g/mol. The summed E-state index contributed by atoms with van der Waals surface area (Å²) >= 11 is 0. The predicted octanol–water partition coefficient (Wildman–Crippen LogP) is 12.4. The third kappa shape index (κ3) is 32.9. The Balaban J connectivity index is 3.81. The maximum absolute atomic E-state index is 12.5. The van der Waals surface area contributed by atoms with Crippen molar-refractivity contribution in [2.75, 3.05) is 0 Å². The second kappa shape index (κ2) is 33.9. The Morgan fingerprint density at radius 1 is 0.524 bits per heavy atom. The molecule has 246 valence electrons. The standard InChI is InChI=1S/C38H70O4/c1-3-5-7-9-11-12-13-14-15-16-17-18-19-20-21-22-24-26-31-35-38(41)42-36(33-29-27-30-34-37(39)40)32-28-25-23-10-8-6-4-2/h11-12,14-15,36H,3-10,13,16-35H2,1-2H3,(H,39,40)/b12-11-,15-14-. The smallest absolute Gasteiger partial charge is 0.306 e. The Kier molecular flexibility index (Phi) is 32.6. The average molecular weight is 591 g/mol. The highest BCUT2D eigenvalue weighted by Gasteiger charge is 2.14. The summed E-state index contributed by atoms with van der Waals surface area (Å²) in [4.78, 5) is 23.3. The fourth-order valence-electron chi connectivity index (χ4n) is 5.45. The number of allylic oxidation sites excluding steroid dienone is 4. The molecule has 1 unspecified atom stereocenters. The fourth-order valence-corrected chi connectivity index (χ4v) is 5.45. The highest BCUT2D eigenvalue weighted by atomic mass is 16.5. The first-order valence-electron chi connectivity index (χ1n) is 18.3. The summed E-state index contributed by atoms with van der Waals surface area (Å²) in [5.74, 6) is -0.762. The molecule has 0 aromatic carbocycles. The van der Waals surface area contributed by atoms with E-state index in [9.17, 15) is 9.59 Å². The Morgan fingerprint density at radius 3 is 1.48 bits per heavy atom. The normalized spacial score (nSPS) is 12.4. The molecule has 0 saturated heterocycles. The summed E-state index contributed by atoms with van der Waals surface area (Å²) < 4.78 is 5.90. The zero-order valence-electron chi connectivity index (χ0n) is 28.1. The summed E-state index contributed by atoms with van der Waals surface area (Å²) in [6.45, 7) is 4.50. The molecule has 0 fully saturated rings. The number of carbonyl (C=O) groups excluding carboxylic acids is 1. The first-order valence-corrected chi connectivity index (χ1v) is 18.3. The van der Waals surface area contributed by atoms with Crippen LogP contribution in [0.25, 0.3) is 0 Å². The van der Waals surface area contributed by atoms with Gasteiger partial charge in [0.15, 0.2) is 0 Å². The van der Waals surface area contributed by atoms with Gasteiger partial charge in [-0.25, -0.2) is 0 Å². The molecule has 0 amide bonds. The van der Waals surface area contributed by atoms with Gasteiger partial charge in [0.25, 0.3) is 0 Å². The van der Waals surface area contributed by atoms with Gasteiger partial charge >= 0.3 is 11.9 Å². The van der Waals surface area contributed by atoms with Crippen molar-refractivity contribution >= 4 is 11.9 Å². The maximum atomic E-state index is 12.5. The molecular weight excluding hydrogens is 520 g/mol. The van der Waals surface area contributed by atoms with Crippen LogP contribution in [0.5, 0.6) is 0 Å². The SMILES string of the molecule is CCCCC/C=C\C/C=C\CCCCCCCCCCCC(=O)OC(CCCCCCCCC)CCCCCC(=O)O. The topological polar surface area (TPSA) is 63.6 Å². The molecule has 0 aliphatic rings. The number of esters is 1. The number of hydrogen-bond donors (Lipinski definition) is 1. The first kappa shape index (κ1) is 40.4. The van der Waals surface area contributed by atoms with Gasteiger partial charge in [-0.3, -0.25) is 9.59 Å². The highest BCUT2D eigenvalue weighted by molar-refractivity contribution is 5.69. The van der Waals surface area contributed by atoms with Crippen molar-refractivity contribution in [3.63, 3.8) is 0 Å². The highest BCUT2D eigenvalue weighted by Crippen LogP contribution is 2.18. The van der Waals surface area contributed by atoms with Gasteiger partial charge in [-0.1, -0.05) is 141 Å². The van der Waals surface area contributed by atoms with Crippen LogP contribution in [0.4, 0.5) is 0 Å². The number of carboxylic acids is 1. The van der Waals surface area contributed by atoms with E-state index in [1.54, 1.807) is 0 Å². The van der Waals surface area contributed by atoms with Crippen molar-refractivity contribution in [1.29, 1.82) is 0 Å². The summed E-state index contributed by atoms with van der Waals surface area (Å²) in [5.41, 5.74) is 0. The molecule has 0 heterocycles. The largest absolute Gasteiger partial charge is 0.481 e. The molecule has 4 nitrogen and oxygen atoms in total. The van der Waals surface area contributed by atoms with Crippen molar-refractivity contribution in [1.82, 2.24) is 0 Å². The molecule has 0 rings (SSSR count). The average Bonchev–Trinajstić information content (AvgIpc) is 2.97. The van der Waals surface area contributed by atoms with Gasteiger partial charge in [-0.2, -0.15) is 0 Å². The van der Waals surface area contributed by atoms with Crippen LogP contribution < -0.4 is 0 Å². The quantitative estimate of drug-likeness (QED) is 0.0469. The van der Waals surface area contributed by atoms with Gasteiger partial charge in [0.2, 0.25) is 0 Å². The third-order valence-electron chi connectivity index (χ3n) is 8.18. The Morgan fingerprint density at radius 2 is 0.929 bits per heavy atom. The van der Waals surface area contributed by atoms with E-state index in [-0.39, 0.29) is 18.5 Å². The molecule has 0 aromatic rings. The van der Waals surface area contributed by atoms with Gasteiger partial charge in [0.05, 0.1) is 0 Å². The van der Waals surface area contributed by atoms with E-state index in [1.807, 2.05) is 0 Å². The lowest BCUT2D eigenvalue weighted by Gasteiger charge is -2.18. The van der Waals surface area contributed by atoms with E-state index in [1.165, 1.54) is 116 Å². The molecule has 0 spiro atoms. The number of unbranched alkanes of at least 4 members (excludes halogenated alkanes) is 20. The molecular formula is C38H70O4. The van der Waals surface area contributed by atoms with E-state index in [2.05, 4.69) is 38.2 Å². The van der Waals surface area contributed by atoms with Crippen LogP contribution in [-0.2, 0) is 14.3 Å². The zero-order valence-corrected chi connectivity index (χ0v) is 28.1. The first-order chi connectivity index (χ1) is 20.6. The molecule has 1 N–H and O–H groups in total. The van der Waals surface area contributed by atoms with Gasteiger partial charge < -0.3 is 9.84 Å². The van der Waals surface area contributed by atoms with Crippen LogP contribution in [0, 0.1) is 0 Å². The molecule has 4 heteroatoms. The zero-order chi connectivity index (χ0) is 30.8. The fraction of sp³-hybridized carbons (Fsp3) is 0.842. The van der Waals surface area contributed by atoms with E-state index >= 15 is 0 Å². The number of carbonyl (C=O) groups is 2. The van der Waals surface area contributed by atoms with Crippen molar-refractivity contribution in [2.45, 2.75) is 206 Å². The van der Waals surface area contributed by atoms with Crippen LogP contribution in [0.15, 0.2) is 24.3 Å². The second-order valence-corrected chi connectivity index (χ2v) is 12.4. The lowest BCUT2D eigenvalue weighted by Crippen LogP contribution is -2.18. The lowest BCUT2D eigenvalue weighted by molar-refractivity contribution is -0.150. The van der Waals surface area contributed by atoms with E-state index in [0.717, 1.165) is 51.4 Å². The van der Waals surface area contributed by atoms with Crippen LogP contribution in [-0.4, -0.2) is 23.1 Å². The molecule has 0 radical (unpaired) electrons. The van der Waals surface area contributed by atoms with Crippen LogP contribution >= 0.6 is 0 Å². The minimum atomic E-state index is -0.725. The molecule has 0 aliphatic heterocycles. The van der Waals surface area contributed by atoms with E-state index in [0.29, 0.717) is 12.8 Å². The minimum absolute atomic E-state index is 0.00520. The Labute approximate surface area is 261 Å². The van der Waals surface area contributed by atoms with Crippen LogP contribution in [0.1, 0.15) is 200 Å². The van der Waals surface area contributed by atoms with Crippen molar-refractivity contribution in [3.05, 3.63) is 24.3 Å². The summed E-state index contributed by atoms with van der Waals surface area (Å²) in [6.07, 6.45) is 41.9. The van der Waals surface area contributed by atoms with Gasteiger partial charge in [-0.05, 0) is 70.6 Å². The molecule has 42 heavy (non-hydrogen) atoms. The summed E-state index contributed by atoms with van der Waals surface area (Å²) in [7, 11) is 0. The van der Waals surface area contributed by atoms with Crippen molar-refractivity contribution < 1.29 is 19.4 Å². The molecule has 0 bridgehead atoms.